The number of H-pyrrole nitrogens is 1. The van der Waals surface area contributed by atoms with Crippen molar-refractivity contribution in [1.82, 2.24) is 15.2 Å². The number of aromatic amines is 1. The van der Waals surface area contributed by atoms with Crippen molar-refractivity contribution in [3.05, 3.63) is 35.0 Å². The van der Waals surface area contributed by atoms with Crippen molar-refractivity contribution in [2.75, 3.05) is 31.3 Å². The number of benzene rings is 1. The largest absolute Gasteiger partial charge is 0.379 e. The molecule has 0 spiro atoms. The van der Waals surface area contributed by atoms with Crippen molar-refractivity contribution in [3.8, 4) is 11.3 Å². The number of rotatable bonds is 3. The van der Waals surface area contributed by atoms with E-state index in [-0.39, 0.29) is 11.7 Å². The van der Waals surface area contributed by atoms with Crippen LogP contribution in [0.1, 0.15) is 41.4 Å². The van der Waals surface area contributed by atoms with Crippen molar-refractivity contribution in [1.29, 1.82) is 0 Å². The topological polar surface area (TPSA) is 105 Å². The van der Waals surface area contributed by atoms with E-state index in [2.05, 4.69) is 10.2 Å². The van der Waals surface area contributed by atoms with Crippen LogP contribution in [0.5, 0.6) is 0 Å². The number of amides is 2. The molecule has 1 aromatic heterocycles. The van der Waals surface area contributed by atoms with E-state index >= 15 is 0 Å². The molecule has 2 amide bonds. The number of ketones is 1. The van der Waals surface area contributed by atoms with Crippen LogP contribution < -0.4 is 10.7 Å². The number of nitrogens with two attached hydrogens (primary N) is 1. The lowest BCUT2D eigenvalue weighted by molar-refractivity contribution is 0.0364. The summed E-state index contributed by atoms with van der Waals surface area (Å²) in [6.45, 7) is 6.09. The summed E-state index contributed by atoms with van der Waals surface area (Å²) in [5.41, 5.74) is 9.41. The smallest absolute Gasteiger partial charge is 0.334 e. The van der Waals surface area contributed by atoms with Gasteiger partial charge in [-0.2, -0.15) is 5.10 Å². The molecule has 1 saturated heterocycles. The predicted molar refractivity (Wildman–Crippen MR) is 96.0 cm³/mol. The summed E-state index contributed by atoms with van der Waals surface area (Å²) in [5.74, 6) is 0.0157. The highest BCUT2D eigenvalue weighted by Crippen LogP contribution is 2.43. The molecule has 0 bridgehead atoms. The van der Waals surface area contributed by atoms with Crippen LogP contribution in [-0.2, 0) is 4.74 Å². The normalized spacial score (nSPS) is 16.7. The molecular weight excluding hydrogens is 334 g/mol. The second kappa shape index (κ2) is 6.22. The van der Waals surface area contributed by atoms with Gasteiger partial charge in [-0.15, -0.1) is 0 Å². The van der Waals surface area contributed by atoms with Gasteiger partial charge in [0.2, 0.25) is 0 Å². The van der Waals surface area contributed by atoms with Crippen LogP contribution in [0, 0.1) is 0 Å². The first-order valence-electron chi connectivity index (χ1n) is 8.69. The fourth-order valence-electron chi connectivity index (χ4n) is 3.64. The van der Waals surface area contributed by atoms with E-state index < -0.39 is 6.03 Å². The van der Waals surface area contributed by atoms with Gasteiger partial charge in [0.05, 0.1) is 30.0 Å². The second-order valence-corrected chi connectivity index (χ2v) is 6.76. The third-order valence-electron chi connectivity index (χ3n) is 4.83. The fraction of sp³-hybridized carbons (Fsp3) is 0.389. The summed E-state index contributed by atoms with van der Waals surface area (Å²) in [5, 5.41) is 10.5. The van der Waals surface area contributed by atoms with Gasteiger partial charge >= 0.3 is 6.03 Å². The Morgan fingerprint density at radius 2 is 2.04 bits per heavy atom. The molecule has 26 heavy (non-hydrogen) atoms. The van der Waals surface area contributed by atoms with Crippen LogP contribution in [-0.4, -0.2) is 53.3 Å². The highest BCUT2D eigenvalue weighted by Gasteiger charge is 2.38. The molecule has 8 heteroatoms. The Labute approximate surface area is 150 Å². The number of fused-ring (bicyclic) bond motifs is 3. The van der Waals surface area contributed by atoms with Gasteiger partial charge in [0, 0.05) is 24.3 Å². The first-order chi connectivity index (χ1) is 12.5. The lowest BCUT2D eigenvalue weighted by Gasteiger charge is -2.36. The van der Waals surface area contributed by atoms with Crippen LogP contribution >= 0.6 is 0 Å². The molecule has 2 aromatic rings. The Morgan fingerprint density at radius 3 is 2.69 bits per heavy atom. The maximum absolute atomic E-state index is 13.2. The highest BCUT2D eigenvalue weighted by molar-refractivity contribution is 6.25. The molecule has 8 nitrogen and oxygen atoms in total. The molecule has 0 radical (unpaired) electrons. The summed E-state index contributed by atoms with van der Waals surface area (Å²) in [4.78, 5) is 25.4. The molecule has 1 aliphatic heterocycles. The molecule has 1 aromatic carbocycles. The second-order valence-electron chi connectivity index (χ2n) is 6.76. The number of carbonyl (C=O) groups excluding carboxylic acids is 2. The average molecular weight is 355 g/mol. The van der Waals surface area contributed by atoms with Gasteiger partial charge in [-0.05, 0) is 12.0 Å². The molecule has 0 unspecified atom stereocenters. The molecular formula is C18H21N5O3. The van der Waals surface area contributed by atoms with Crippen molar-refractivity contribution < 1.29 is 14.3 Å². The maximum atomic E-state index is 13.2. The molecule has 3 N–H and O–H groups in total. The number of morpholine rings is 1. The first-order valence-corrected chi connectivity index (χ1v) is 8.69. The van der Waals surface area contributed by atoms with Crippen LogP contribution in [0.4, 0.5) is 10.5 Å². The van der Waals surface area contributed by atoms with E-state index in [1.54, 1.807) is 6.07 Å². The van der Waals surface area contributed by atoms with Crippen LogP contribution in [0.25, 0.3) is 11.3 Å². The third kappa shape index (κ3) is 2.41. The zero-order chi connectivity index (χ0) is 18.4. The van der Waals surface area contributed by atoms with Crippen molar-refractivity contribution in [2.24, 2.45) is 5.73 Å². The lowest BCUT2D eigenvalue weighted by atomic mass is 10.0. The standard InChI is InChI=1S/C18H21N5O3/c1-10(2)15-14-16(21-20-15)11-4-3-5-12(13(11)17(14)24)23(18(19)25)22-6-8-26-9-7-22/h3-5,10H,6-9H2,1-2H3,(H2,19,25)(H,20,21). The summed E-state index contributed by atoms with van der Waals surface area (Å²) in [6, 6.07) is 4.80. The van der Waals surface area contributed by atoms with Gasteiger partial charge in [0.25, 0.3) is 0 Å². The third-order valence-corrected chi connectivity index (χ3v) is 4.83. The van der Waals surface area contributed by atoms with Crippen molar-refractivity contribution >= 4 is 17.5 Å². The monoisotopic (exact) mass is 355 g/mol. The molecule has 2 aliphatic rings. The Balaban J connectivity index is 1.84. The summed E-state index contributed by atoms with van der Waals surface area (Å²) < 4.78 is 5.36. The molecule has 4 rings (SSSR count). The summed E-state index contributed by atoms with van der Waals surface area (Å²) in [6.07, 6.45) is 0. The number of hydrazine groups is 1. The molecule has 1 fully saturated rings. The number of urea groups is 1. The quantitative estimate of drug-likeness (QED) is 0.746. The van der Waals surface area contributed by atoms with Gasteiger partial charge in [0.15, 0.2) is 5.78 Å². The highest BCUT2D eigenvalue weighted by atomic mass is 16.5. The van der Waals surface area contributed by atoms with Gasteiger partial charge in [-0.3, -0.25) is 9.89 Å². The van der Waals surface area contributed by atoms with Gasteiger partial charge in [0.1, 0.15) is 5.69 Å². The van der Waals surface area contributed by atoms with Crippen LogP contribution in [0.15, 0.2) is 18.2 Å². The van der Waals surface area contributed by atoms with Crippen LogP contribution in [0.2, 0.25) is 0 Å². The van der Waals surface area contributed by atoms with E-state index in [1.165, 1.54) is 5.01 Å². The number of ether oxygens (including phenoxy) is 1. The fourth-order valence-corrected chi connectivity index (χ4v) is 3.64. The number of aromatic nitrogens is 2. The van der Waals surface area contributed by atoms with E-state index in [9.17, 15) is 9.59 Å². The molecule has 0 saturated carbocycles. The lowest BCUT2D eigenvalue weighted by Crippen LogP contribution is -2.54. The molecule has 1 aliphatic carbocycles. The minimum atomic E-state index is -0.622. The number of hydrogen-bond donors (Lipinski definition) is 2. The Hall–Kier alpha value is -2.71. The van der Waals surface area contributed by atoms with E-state index in [4.69, 9.17) is 10.5 Å². The Bertz CT molecular complexity index is 883. The van der Waals surface area contributed by atoms with Gasteiger partial charge < -0.3 is 10.5 Å². The van der Waals surface area contributed by atoms with Crippen molar-refractivity contribution in [2.45, 2.75) is 19.8 Å². The minimum Gasteiger partial charge on any atom is -0.379 e. The number of hydrogen-bond acceptors (Lipinski definition) is 5. The zero-order valence-corrected chi connectivity index (χ0v) is 14.8. The predicted octanol–water partition coefficient (Wildman–Crippen LogP) is 1.88. The summed E-state index contributed by atoms with van der Waals surface area (Å²) >= 11 is 0. The SMILES string of the molecule is CC(C)c1[nH]nc2c1C(=O)c1c-2cccc1N(C(N)=O)N1CCOCC1. The van der Waals surface area contributed by atoms with Gasteiger partial charge in [-0.25, -0.2) is 14.8 Å². The van der Waals surface area contributed by atoms with Gasteiger partial charge in [-0.1, -0.05) is 26.0 Å². The zero-order valence-electron chi connectivity index (χ0n) is 14.8. The van der Waals surface area contributed by atoms with Crippen molar-refractivity contribution in [3.63, 3.8) is 0 Å². The number of carbonyl (C=O) groups is 2. The summed E-state index contributed by atoms with van der Waals surface area (Å²) in [7, 11) is 0. The Kier molecular flexibility index (Phi) is 4.01. The van der Waals surface area contributed by atoms with E-state index in [0.29, 0.717) is 48.8 Å². The number of nitrogens with one attached hydrogen (secondary N) is 1. The number of nitrogens with zero attached hydrogens (tertiary/aromatic N) is 3. The molecule has 0 atom stereocenters. The number of primary amides is 1. The maximum Gasteiger partial charge on any atom is 0.334 e. The first kappa shape index (κ1) is 16.7. The van der Waals surface area contributed by atoms with E-state index in [0.717, 1.165) is 11.3 Å². The minimum absolute atomic E-state index is 0.123. The van der Waals surface area contributed by atoms with Crippen LogP contribution in [0.3, 0.4) is 0 Å². The average Bonchev–Trinajstić information content (AvgIpc) is 3.17. The Morgan fingerprint density at radius 1 is 1.31 bits per heavy atom. The number of anilines is 1. The molecule has 2 heterocycles. The van der Waals surface area contributed by atoms with E-state index in [1.807, 2.05) is 31.0 Å². The molecule has 136 valence electrons.